The molecule has 1 aromatic rings. The van der Waals surface area contributed by atoms with Gasteiger partial charge in [-0.3, -0.25) is 10.1 Å². The Morgan fingerprint density at radius 1 is 1.38 bits per heavy atom. The third-order valence-corrected chi connectivity index (χ3v) is 2.66. The van der Waals surface area contributed by atoms with E-state index in [9.17, 15) is 10.1 Å². The lowest BCUT2D eigenvalue weighted by Crippen LogP contribution is -2.17. The monoisotopic (exact) mass is 218 g/mol. The Labute approximate surface area is 94.7 Å². The molecule has 0 bridgehead atoms. The Morgan fingerprint density at radius 2 is 1.94 bits per heavy atom. The van der Waals surface area contributed by atoms with E-state index in [1.54, 1.807) is 19.1 Å². The average Bonchev–Trinajstić information content (AvgIpc) is 2.28. The van der Waals surface area contributed by atoms with Crippen molar-refractivity contribution in [3.05, 3.63) is 45.5 Å². The molecule has 0 aliphatic carbocycles. The summed E-state index contributed by atoms with van der Waals surface area (Å²) in [5.74, 6) is 0.133. The highest BCUT2D eigenvalue weighted by Gasteiger charge is 2.18. The summed E-state index contributed by atoms with van der Waals surface area (Å²) < 4.78 is 0. The van der Waals surface area contributed by atoms with Crippen LogP contribution in [0.5, 0.6) is 0 Å². The first kappa shape index (κ1) is 12.2. The van der Waals surface area contributed by atoms with E-state index in [-0.39, 0.29) is 10.8 Å². The first-order valence-electron chi connectivity index (χ1n) is 5.18. The largest absolute Gasteiger partial charge is 0.264 e. The Hall–Kier alpha value is -1.89. The molecule has 0 heterocycles. The second kappa shape index (κ2) is 5.26. The van der Waals surface area contributed by atoms with Crippen molar-refractivity contribution in [1.82, 2.24) is 0 Å². The second-order valence-electron chi connectivity index (χ2n) is 4.00. The fourth-order valence-electron chi connectivity index (χ4n) is 1.62. The van der Waals surface area contributed by atoms with Gasteiger partial charge < -0.3 is 0 Å². The normalized spacial score (nSPS) is 13.8. The predicted molar refractivity (Wildman–Crippen MR) is 60.6 cm³/mol. The molecule has 16 heavy (non-hydrogen) atoms. The van der Waals surface area contributed by atoms with Crippen LogP contribution in [0.25, 0.3) is 0 Å². The molecule has 0 fully saturated rings. The van der Waals surface area contributed by atoms with Gasteiger partial charge in [-0.25, -0.2) is 0 Å². The third-order valence-electron chi connectivity index (χ3n) is 2.66. The van der Waals surface area contributed by atoms with Crippen molar-refractivity contribution in [2.45, 2.75) is 32.2 Å². The summed E-state index contributed by atoms with van der Waals surface area (Å²) in [5, 5.41) is 19.2. The van der Waals surface area contributed by atoms with E-state index in [1.807, 2.05) is 25.1 Å². The number of rotatable bonds is 4. The summed E-state index contributed by atoms with van der Waals surface area (Å²) in [5.41, 5.74) is 1.64. The standard InChI is InChI=1S/C12H14N2O2/c1-9(7-10(2)14(15)16)12-5-3-11(8-13)4-6-12/h3-6,9-10H,7H2,1-2H3. The van der Waals surface area contributed by atoms with Gasteiger partial charge in [0.15, 0.2) is 0 Å². The smallest absolute Gasteiger partial charge is 0.211 e. The maximum absolute atomic E-state index is 10.5. The lowest BCUT2D eigenvalue weighted by molar-refractivity contribution is -0.519. The van der Waals surface area contributed by atoms with Crippen molar-refractivity contribution in [3.63, 3.8) is 0 Å². The number of hydrogen-bond acceptors (Lipinski definition) is 3. The number of nitro groups is 1. The SMILES string of the molecule is CC(CC(C)[N+](=O)[O-])c1ccc(C#N)cc1. The van der Waals surface area contributed by atoms with Crippen LogP contribution in [-0.4, -0.2) is 11.0 Å². The topological polar surface area (TPSA) is 66.9 Å². The lowest BCUT2D eigenvalue weighted by atomic mass is 9.94. The quantitative estimate of drug-likeness (QED) is 0.576. The van der Waals surface area contributed by atoms with E-state index < -0.39 is 6.04 Å². The van der Waals surface area contributed by atoms with E-state index in [2.05, 4.69) is 0 Å². The fourth-order valence-corrected chi connectivity index (χ4v) is 1.62. The van der Waals surface area contributed by atoms with Crippen molar-refractivity contribution in [3.8, 4) is 6.07 Å². The molecule has 4 nitrogen and oxygen atoms in total. The van der Waals surface area contributed by atoms with Crippen LogP contribution >= 0.6 is 0 Å². The van der Waals surface area contributed by atoms with Crippen LogP contribution in [0.1, 0.15) is 37.3 Å². The number of nitrogens with zero attached hydrogens (tertiary/aromatic N) is 2. The van der Waals surface area contributed by atoms with Crippen molar-refractivity contribution in [2.75, 3.05) is 0 Å². The molecule has 1 aromatic carbocycles. The molecular formula is C12H14N2O2. The molecule has 0 aromatic heterocycles. The second-order valence-corrected chi connectivity index (χ2v) is 4.00. The van der Waals surface area contributed by atoms with Crippen LogP contribution < -0.4 is 0 Å². The number of benzene rings is 1. The van der Waals surface area contributed by atoms with E-state index >= 15 is 0 Å². The number of nitriles is 1. The maximum atomic E-state index is 10.5. The summed E-state index contributed by atoms with van der Waals surface area (Å²) in [4.78, 5) is 10.3. The predicted octanol–water partition coefficient (Wildman–Crippen LogP) is 2.72. The Kier molecular flexibility index (Phi) is 4.01. The summed E-state index contributed by atoms with van der Waals surface area (Å²) in [6.45, 7) is 3.57. The highest BCUT2D eigenvalue weighted by Crippen LogP contribution is 2.21. The molecule has 0 N–H and O–H groups in total. The van der Waals surface area contributed by atoms with E-state index in [4.69, 9.17) is 5.26 Å². The van der Waals surface area contributed by atoms with Crippen LogP contribution in [0.2, 0.25) is 0 Å². The zero-order valence-electron chi connectivity index (χ0n) is 9.38. The van der Waals surface area contributed by atoms with E-state index in [0.29, 0.717) is 12.0 Å². The van der Waals surface area contributed by atoms with Crippen LogP contribution in [-0.2, 0) is 0 Å². The maximum Gasteiger partial charge on any atom is 0.211 e. The highest BCUT2D eigenvalue weighted by atomic mass is 16.6. The van der Waals surface area contributed by atoms with Gasteiger partial charge in [0.1, 0.15) is 0 Å². The summed E-state index contributed by atoms with van der Waals surface area (Å²) in [6.07, 6.45) is 0.513. The minimum atomic E-state index is -0.536. The third kappa shape index (κ3) is 3.06. The van der Waals surface area contributed by atoms with Gasteiger partial charge in [-0.1, -0.05) is 19.1 Å². The van der Waals surface area contributed by atoms with Crippen LogP contribution in [0.3, 0.4) is 0 Å². The van der Waals surface area contributed by atoms with Crippen LogP contribution in [0.15, 0.2) is 24.3 Å². The highest BCUT2D eigenvalue weighted by molar-refractivity contribution is 5.32. The van der Waals surface area contributed by atoms with Gasteiger partial charge in [0.25, 0.3) is 0 Å². The van der Waals surface area contributed by atoms with Crippen molar-refractivity contribution < 1.29 is 4.92 Å². The summed E-state index contributed by atoms with van der Waals surface area (Å²) in [7, 11) is 0. The molecule has 0 aliphatic heterocycles. The van der Waals surface area contributed by atoms with Gasteiger partial charge in [0.05, 0.1) is 11.6 Å². The fraction of sp³-hybridized carbons (Fsp3) is 0.417. The minimum absolute atomic E-state index is 0.133. The van der Waals surface area contributed by atoms with Gasteiger partial charge in [-0.15, -0.1) is 0 Å². The molecule has 2 atom stereocenters. The molecule has 0 saturated carbocycles. The Balaban J connectivity index is 2.70. The van der Waals surface area contributed by atoms with Crippen molar-refractivity contribution in [1.29, 1.82) is 5.26 Å². The van der Waals surface area contributed by atoms with Gasteiger partial charge in [-0.2, -0.15) is 5.26 Å². The van der Waals surface area contributed by atoms with Crippen LogP contribution in [0.4, 0.5) is 0 Å². The molecule has 84 valence electrons. The number of hydrogen-bond donors (Lipinski definition) is 0. The first-order valence-corrected chi connectivity index (χ1v) is 5.18. The Bertz CT molecular complexity index is 406. The lowest BCUT2D eigenvalue weighted by Gasteiger charge is -2.12. The zero-order chi connectivity index (χ0) is 12.1. The van der Waals surface area contributed by atoms with Gasteiger partial charge >= 0.3 is 0 Å². The van der Waals surface area contributed by atoms with Gasteiger partial charge in [0, 0.05) is 18.3 Å². The molecule has 0 radical (unpaired) electrons. The molecule has 4 heteroatoms. The average molecular weight is 218 g/mol. The van der Waals surface area contributed by atoms with Crippen molar-refractivity contribution in [2.24, 2.45) is 0 Å². The van der Waals surface area contributed by atoms with Gasteiger partial charge in [-0.05, 0) is 23.6 Å². The molecule has 0 amide bonds. The van der Waals surface area contributed by atoms with Crippen molar-refractivity contribution >= 4 is 0 Å². The Morgan fingerprint density at radius 3 is 2.38 bits per heavy atom. The molecular weight excluding hydrogens is 204 g/mol. The molecule has 2 unspecified atom stereocenters. The molecule has 1 rings (SSSR count). The van der Waals surface area contributed by atoms with Gasteiger partial charge in [0.2, 0.25) is 6.04 Å². The first-order chi connectivity index (χ1) is 7.54. The zero-order valence-corrected chi connectivity index (χ0v) is 9.38. The van der Waals surface area contributed by atoms with E-state index in [0.717, 1.165) is 5.56 Å². The molecule has 0 aliphatic rings. The molecule has 0 spiro atoms. The summed E-state index contributed by atoms with van der Waals surface area (Å²) in [6, 6.07) is 8.70. The minimum Gasteiger partial charge on any atom is -0.264 e. The summed E-state index contributed by atoms with van der Waals surface area (Å²) >= 11 is 0. The molecule has 0 saturated heterocycles. The van der Waals surface area contributed by atoms with Crippen LogP contribution in [0, 0.1) is 21.4 Å². The van der Waals surface area contributed by atoms with E-state index in [1.165, 1.54) is 0 Å².